The number of pyridine rings is 1. The molecule has 0 unspecified atom stereocenters. The molecule has 2 heterocycles. The van der Waals surface area contributed by atoms with Crippen molar-refractivity contribution in [3.05, 3.63) is 36.3 Å². The summed E-state index contributed by atoms with van der Waals surface area (Å²) in [7, 11) is 0. The van der Waals surface area contributed by atoms with Gasteiger partial charge in [0, 0.05) is 18.6 Å². The Morgan fingerprint density at radius 1 is 1.04 bits per heavy atom. The lowest BCUT2D eigenvalue weighted by atomic mass is 9.78. The maximum absolute atomic E-state index is 6.00. The van der Waals surface area contributed by atoms with E-state index in [1.165, 1.54) is 37.7 Å². The lowest BCUT2D eigenvalue weighted by molar-refractivity contribution is 0.318. The van der Waals surface area contributed by atoms with Gasteiger partial charge in [0.05, 0.1) is 5.56 Å². The fraction of sp³-hybridized carbons (Fsp3) is 0.526. The Morgan fingerprint density at radius 2 is 1.70 bits per heavy atom. The zero-order valence-electron chi connectivity index (χ0n) is 14.5. The van der Waals surface area contributed by atoms with E-state index in [-0.39, 0.29) is 0 Å². The third-order valence-electron chi connectivity index (χ3n) is 4.64. The molecule has 1 saturated carbocycles. The van der Waals surface area contributed by atoms with Crippen LogP contribution in [0.25, 0.3) is 11.4 Å². The van der Waals surface area contributed by atoms with Crippen LogP contribution in [0.15, 0.2) is 30.7 Å². The van der Waals surface area contributed by atoms with Crippen LogP contribution >= 0.6 is 0 Å². The number of nitrogen functional groups attached to an aromatic ring is 1. The standard InChI is InChI=1S/C17H22N4.C2H6/c1-2-12-4-6-13(7-5-12)14-10-15(16(18)21-11-14)17-19-8-3-9-20-17;1-2/h3,8-13H,2,4-7H2,1H3,(H2,18,21);1-2H3. The number of nitrogens with zero attached hydrogens (tertiary/aromatic N) is 3. The third-order valence-corrected chi connectivity index (χ3v) is 4.64. The van der Waals surface area contributed by atoms with E-state index < -0.39 is 0 Å². The monoisotopic (exact) mass is 312 g/mol. The van der Waals surface area contributed by atoms with E-state index in [1.54, 1.807) is 12.4 Å². The lowest BCUT2D eigenvalue weighted by Gasteiger charge is -2.28. The molecule has 1 aliphatic rings. The van der Waals surface area contributed by atoms with Crippen molar-refractivity contribution in [2.45, 2.75) is 58.8 Å². The van der Waals surface area contributed by atoms with Gasteiger partial charge in [-0.25, -0.2) is 15.0 Å². The summed E-state index contributed by atoms with van der Waals surface area (Å²) < 4.78 is 0. The Hall–Kier alpha value is -1.97. The van der Waals surface area contributed by atoms with Crippen LogP contribution in [-0.4, -0.2) is 15.0 Å². The minimum Gasteiger partial charge on any atom is -0.383 e. The topological polar surface area (TPSA) is 64.7 Å². The molecule has 1 fully saturated rings. The summed E-state index contributed by atoms with van der Waals surface area (Å²) in [5, 5.41) is 0. The first-order valence-electron chi connectivity index (χ1n) is 8.80. The first-order chi connectivity index (χ1) is 11.3. The second kappa shape index (κ2) is 8.61. The van der Waals surface area contributed by atoms with Gasteiger partial charge in [-0.15, -0.1) is 0 Å². The van der Waals surface area contributed by atoms with Gasteiger partial charge >= 0.3 is 0 Å². The van der Waals surface area contributed by atoms with Crippen molar-refractivity contribution >= 4 is 5.82 Å². The van der Waals surface area contributed by atoms with Gasteiger partial charge in [0.25, 0.3) is 0 Å². The van der Waals surface area contributed by atoms with Crippen LogP contribution in [0.5, 0.6) is 0 Å². The average Bonchev–Trinajstić information content (AvgIpc) is 2.65. The Kier molecular flexibility index (Phi) is 6.51. The number of hydrogen-bond acceptors (Lipinski definition) is 4. The van der Waals surface area contributed by atoms with E-state index in [1.807, 2.05) is 26.1 Å². The first kappa shape index (κ1) is 17.4. The molecule has 0 amide bonds. The van der Waals surface area contributed by atoms with Crippen LogP contribution in [0.4, 0.5) is 5.82 Å². The highest BCUT2D eigenvalue weighted by Gasteiger charge is 2.22. The van der Waals surface area contributed by atoms with Gasteiger partial charge in [0.15, 0.2) is 5.82 Å². The molecule has 3 rings (SSSR count). The minimum absolute atomic E-state index is 0.507. The number of aromatic nitrogens is 3. The second-order valence-corrected chi connectivity index (χ2v) is 5.90. The van der Waals surface area contributed by atoms with Gasteiger partial charge < -0.3 is 5.73 Å². The van der Waals surface area contributed by atoms with Gasteiger partial charge in [0.1, 0.15) is 5.82 Å². The second-order valence-electron chi connectivity index (χ2n) is 5.90. The summed E-state index contributed by atoms with van der Waals surface area (Å²) in [5.41, 5.74) is 8.13. The Balaban J connectivity index is 0.000000924. The van der Waals surface area contributed by atoms with E-state index in [0.29, 0.717) is 17.6 Å². The molecule has 0 radical (unpaired) electrons. The number of nitrogens with two attached hydrogens (primary N) is 1. The number of rotatable bonds is 3. The van der Waals surface area contributed by atoms with Crippen LogP contribution in [0, 0.1) is 5.92 Å². The van der Waals surface area contributed by atoms with E-state index in [4.69, 9.17) is 5.73 Å². The molecule has 0 atom stereocenters. The van der Waals surface area contributed by atoms with Gasteiger partial charge in [0.2, 0.25) is 0 Å². The van der Waals surface area contributed by atoms with Gasteiger partial charge in [-0.3, -0.25) is 0 Å². The predicted octanol–water partition coefficient (Wildman–Crippen LogP) is 4.83. The molecule has 0 bridgehead atoms. The quantitative estimate of drug-likeness (QED) is 0.881. The van der Waals surface area contributed by atoms with Crippen LogP contribution in [0.2, 0.25) is 0 Å². The predicted molar refractivity (Wildman–Crippen MR) is 96.0 cm³/mol. The van der Waals surface area contributed by atoms with E-state index in [0.717, 1.165) is 11.5 Å². The molecule has 0 aliphatic heterocycles. The molecule has 0 saturated heterocycles. The molecule has 124 valence electrons. The highest BCUT2D eigenvalue weighted by atomic mass is 14.9. The van der Waals surface area contributed by atoms with Crippen molar-refractivity contribution in [2.24, 2.45) is 5.92 Å². The maximum Gasteiger partial charge on any atom is 0.162 e. The van der Waals surface area contributed by atoms with Crippen LogP contribution in [-0.2, 0) is 0 Å². The molecule has 4 nitrogen and oxygen atoms in total. The Morgan fingerprint density at radius 3 is 2.30 bits per heavy atom. The van der Waals surface area contributed by atoms with E-state index >= 15 is 0 Å². The molecule has 0 aromatic carbocycles. The minimum atomic E-state index is 0.507. The first-order valence-corrected chi connectivity index (χ1v) is 8.80. The summed E-state index contributed by atoms with van der Waals surface area (Å²) in [6.45, 7) is 6.29. The molecule has 2 aromatic rings. The summed E-state index contributed by atoms with van der Waals surface area (Å²) in [5.74, 6) is 2.67. The van der Waals surface area contributed by atoms with Gasteiger partial charge in [-0.2, -0.15) is 0 Å². The Labute approximate surface area is 139 Å². The molecular weight excluding hydrogens is 284 g/mol. The van der Waals surface area contributed by atoms with Crippen LogP contribution in [0.1, 0.15) is 64.4 Å². The molecule has 4 heteroatoms. The summed E-state index contributed by atoms with van der Waals surface area (Å²) in [6.07, 6.45) is 11.8. The fourth-order valence-corrected chi connectivity index (χ4v) is 3.24. The van der Waals surface area contributed by atoms with Gasteiger partial charge in [-0.05, 0) is 55.2 Å². The zero-order chi connectivity index (χ0) is 16.7. The van der Waals surface area contributed by atoms with Crippen molar-refractivity contribution < 1.29 is 0 Å². The molecular formula is C19H28N4. The SMILES string of the molecule is CC.CCC1CCC(c2cnc(N)c(-c3ncccn3)c2)CC1. The molecule has 2 N–H and O–H groups in total. The summed E-state index contributed by atoms with van der Waals surface area (Å²) in [6, 6.07) is 3.94. The number of anilines is 1. The highest BCUT2D eigenvalue weighted by molar-refractivity contribution is 5.68. The van der Waals surface area contributed by atoms with Crippen molar-refractivity contribution in [1.29, 1.82) is 0 Å². The molecule has 23 heavy (non-hydrogen) atoms. The number of hydrogen-bond donors (Lipinski definition) is 1. The summed E-state index contributed by atoms with van der Waals surface area (Å²) in [4.78, 5) is 12.9. The van der Waals surface area contributed by atoms with E-state index in [2.05, 4.69) is 27.9 Å². The molecule has 1 aliphatic carbocycles. The van der Waals surface area contributed by atoms with Gasteiger partial charge in [-0.1, -0.05) is 27.2 Å². The third kappa shape index (κ3) is 4.27. The highest BCUT2D eigenvalue weighted by Crippen LogP contribution is 2.38. The fourth-order valence-electron chi connectivity index (χ4n) is 3.24. The maximum atomic E-state index is 6.00. The average molecular weight is 312 g/mol. The zero-order valence-corrected chi connectivity index (χ0v) is 14.5. The van der Waals surface area contributed by atoms with Crippen molar-refractivity contribution in [2.75, 3.05) is 5.73 Å². The molecule has 2 aromatic heterocycles. The smallest absolute Gasteiger partial charge is 0.162 e. The van der Waals surface area contributed by atoms with Crippen LogP contribution < -0.4 is 5.73 Å². The normalized spacial score (nSPS) is 20.5. The lowest BCUT2D eigenvalue weighted by Crippen LogP contribution is -2.13. The van der Waals surface area contributed by atoms with Crippen molar-refractivity contribution in [1.82, 2.24) is 15.0 Å². The van der Waals surface area contributed by atoms with E-state index in [9.17, 15) is 0 Å². The largest absolute Gasteiger partial charge is 0.383 e. The summed E-state index contributed by atoms with van der Waals surface area (Å²) >= 11 is 0. The Bertz CT molecular complexity index is 590. The van der Waals surface area contributed by atoms with Crippen LogP contribution in [0.3, 0.4) is 0 Å². The van der Waals surface area contributed by atoms with Crippen molar-refractivity contribution in [3.63, 3.8) is 0 Å². The van der Waals surface area contributed by atoms with Crippen molar-refractivity contribution in [3.8, 4) is 11.4 Å². The molecule has 0 spiro atoms.